The molecule has 0 unspecified atom stereocenters. The van der Waals surface area contributed by atoms with E-state index in [2.05, 4.69) is 10.6 Å². The summed E-state index contributed by atoms with van der Waals surface area (Å²) >= 11 is 0. The molecular formula is C17H18N2O3. The molecule has 0 aliphatic carbocycles. The van der Waals surface area contributed by atoms with Gasteiger partial charge >= 0.3 is 0 Å². The van der Waals surface area contributed by atoms with E-state index in [9.17, 15) is 9.59 Å². The summed E-state index contributed by atoms with van der Waals surface area (Å²) in [5.41, 5.74) is 2.01. The Morgan fingerprint density at radius 3 is 2.95 bits per heavy atom. The zero-order chi connectivity index (χ0) is 15.4. The molecule has 2 aromatic rings. The minimum absolute atomic E-state index is 0.00228. The van der Waals surface area contributed by atoms with Gasteiger partial charge in [0.05, 0.1) is 12.8 Å². The molecule has 0 radical (unpaired) electrons. The summed E-state index contributed by atoms with van der Waals surface area (Å²) in [6.07, 6.45) is 3.14. The molecule has 114 valence electrons. The van der Waals surface area contributed by atoms with E-state index in [0.717, 1.165) is 17.0 Å². The van der Waals surface area contributed by atoms with Crippen molar-refractivity contribution in [1.29, 1.82) is 0 Å². The normalized spacial score (nSPS) is 16.7. The average Bonchev–Trinajstić information content (AvgIpc) is 3.04. The van der Waals surface area contributed by atoms with Crippen molar-refractivity contribution in [3.05, 3.63) is 54.0 Å². The Morgan fingerprint density at radius 1 is 1.27 bits per heavy atom. The fourth-order valence-corrected chi connectivity index (χ4v) is 2.64. The number of rotatable bonds is 5. The summed E-state index contributed by atoms with van der Waals surface area (Å²) in [5.74, 6) is 0.502. The molecule has 2 N–H and O–H groups in total. The number of hydrogen-bond acceptors (Lipinski definition) is 3. The molecule has 0 saturated heterocycles. The van der Waals surface area contributed by atoms with Crippen molar-refractivity contribution in [2.45, 2.75) is 25.8 Å². The molecule has 5 heteroatoms. The van der Waals surface area contributed by atoms with Crippen LogP contribution in [-0.2, 0) is 22.6 Å². The summed E-state index contributed by atoms with van der Waals surface area (Å²) < 4.78 is 5.16. The predicted molar refractivity (Wildman–Crippen MR) is 82.1 cm³/mol. The molecule has 0 bridgehead atoms. The van der Waals surface area contributed by atoms with Crippen LogP contribution in [0.4, 0.5) is 5.69 Å². The summed E-state index contributed by atoms with van der Waals surface area (Å²) in [4.78, 5) is 23.9. The smallest absolute Gasteiger partial charge is 0.227 e. The first kappa shape index (κ1) is 14.4. The van der Waals surface area contributed by atoms with Gasteiger partial charge in [0.25, 0.3) is 0 Å². The van der Waals surface area contributed by atoms with Gasteiger partial charge in [0.15, 0.2) is 0 Å². The van der Waals surface area contributed by atoms with E-state index in [0.29, 0.717) is 25.8 Å². The van der Waals surface area contributed by atoms with Gasteiger partial charge in [-0.15, -0.1) is 0 Å². The first-order valence-electron chi connectivity index (χ1n) is 7.40. The van der Waals surface area contributed by atoms with E-state index in [4.69, 9.17) is 4.42 Å². The first-order valence-corrected chi connectivity index (χ1v) is 7.40. The molecule has 3 rings (SSSR count). The van der Waals surface area contributed by atoms with Crippen LogP contribution in [0.1, 0.15) is 24.2 Å². The van der Waals surface area contributed by atoms with Crippen LogP contribution in [0.15, 0.2) is 47.1 Å². The number of carbonyl (C=O) groups is 2. The Hall–Kier alpha value is -2.56. The maximum absolute atomic E-state index is 12.1. The highest BCUT2D eigenvalue weighted by Gasteiger charge is 2.26. The summed E-state index contributed by atoms with van der Waals surface area (Å²) in [6.45, 7) is 0.380. The second-order valence-corrected chi connectivity index (χ2v) is 5.44. The fourth-order valence-electron chi connectivity index (χ4n) is 2.64. The molecule has 2 amide bonds. The summed E-state index contributed by atoms with van der Waals surface area (Å²) in [7, 11) is 0. The van der Waals surface area contributed by atoms with Crippen molar-refractivity contribution in [3.8, 4) is 0 Å². The van der Waals surface area contributed by atoms with Crippen molar-refractivity contribution in [1.82, 2.24) is 5.32 Å². The number of hydrogen-bond donors (Lipinski definition) is 2. The monoisotopic (exact) mass is 298 g/mol. The predicted octanol–water partition coefficient (Wildman–Crippen LogP) is 2.49. The molecular weight excluding hydrogens is 280 g/mol. The van der Waals surface area contributed by atoms with Crippen molar-refractivity contribution < 1.29 is 14.0 Å². The van der Waals surface area contributed by atoms with Gasteiger partial charge in [-0.1, -0.05) is 18.2 Å². The minimum Gasteiger partial charge on any atom is -0.467 e. The third kappa shape index (κ3) is 3.36. The average molecular weight is 298 g/mol. The topological polar surface area (TPSA) is 71.3 Å². The van der Waals surface area contributed by atoms with E-state index in [1.165, 1.54) is 0 Å². The molecule has 2 heterocycles. The highest BCUT2D eigenvalue weighted by molar-refractivity contribution is 5.96. The summed E-state index contributed by atoms with van der Waals surface area (Å²) in [5, 5.41) is 5.70. The number of anilines is 1. The number of benzene rings is 1. The lowest BCUT2D eigenvalue weighted by Gasteiger charge is -2.24. The van der Waals surface area contributed by atoms with Crippen molar-refractivity contribution in [2.75, 3.05) is 5.32 Å². The van der Waals surface area contributed by atoms with Gasteiger partial charge in [0.2, 0.25) is 11.8 Å². The van der Waals surface area contributed by atoms with E-state index < -0.39 is 0 Å². The first-order chi connectivity index (χ1) is 10.7. The zero-order valence-electron chi connectivity index (χ0n) is 12.2. The lowest BCUT2D eigenvalue weighted by atomic mass is 9.89. The van der Waals surface area contributed by atoms with Crippen LogP contribution in [0.5, 0.6) is 0 Å². The van der Waals surface area contributed by atoms with Gasteiger partial charge < -0.3 is 15.1 Å². The standard InChI is InChI=1S/C17H18N2O3/c20-16(18-11-14-5-3-9-22-14)8-7-13-10-12-4-1-2-6-15(12)19-17(13)21/h1-6,9,13H,7-8,10-11H2,(H,18,20)(H,19,21)/t13-/m0/s1. The zero-order valence-corrected chi connectivity index (χ0v) is 12.2. The van der Waals surface area contributed by atoms with Gasteiger partial charge in [-0.2, -0.15) is 0 Å². The van der Waals surface area contributed by atoms with Crippen LogP contribution in [0, 0.1) is 5.92 Å². The van der Waals surface area contributed by atoms with Crippen molar-refractivity contribution in [3.63, 3.8) is 0 Å². The third-order valence-electron chi connectivity index (χ3n) is 3.87. The second kappa shape index (κ2) is 6.47. The molecule has 5 nitrogen and oxygen atoms in total. The molecule has 22 heavy (non-hydrogen) atoms. The van der Waals surface area contributed by atoms with Gasteiger partial charge in [0, 0.05) is 18.0 Å². The van der Waals surface area contributed by atoms with Crippen molar-refractivity contribution >= 4 is 17.5 Å². The molecule has 1 aliphatic heterocycles. The number of furan rings is 1. The molecule has 1 aliphatic rings. The van der Waals surface area contributed by atoms with E-state index >= 15 is 0 Å². The molecule has 0 spiro atoms. The van der Waals surface area contributed by atoms with Crippen LogP contribution in [0.25, 0.3) is 0 Å². The SMILES string of the molecule is O=C(CC[C@H]1Cc2ccccc2NC1=O)NCc1ccco1. The maximum atomic E-state index is 12.1. The Balaban J connectivity index is 1.49. The Bertz CT molecular complexity index is 664. The minimum atomic E-state index is -0.149. The molecule has 1 atom stereocenters. The van der Waals surface area contributed by atoms with Crippen LogP contribution < -0.4 is 10.6 Å². The maximum Gasteiger partial charge on any atom is 0.227 e. The molecule has 0 saturated carbocycles. The largest absolute Gasteiger partial charge is 0.467 e. The van der Waals surface area contributed by atoms with Crippen LogP contribution in [-0.4, -0.2) is 11.8 Å². The van der Waals surface area contributed by atoms with Crippen LogP contribution >= 0.6 is 0 Å². The lowest BCUT2D eigenvalue weighted by Crippen LogP contribution is -2.31. The number of nitrogens with one attached hydrogen (secondary N) is 2. The fraction of sp³-hybridized carbons (Fsp3) is 0.294. The van der Waals surface area contributed by atoms with E-state index in [1.54, 1.807) is 12.3 Å². The highest BCUT2D eigenvalue weighted by Crippen LogP contribution is 2.27. The highest BCUT2D eigenvalue weighted by atomic mass is 16.3. The Morgan fingerprint density at radius 2 is 2.14 bits per heavy atom. The quantitative estimate of drug-likeness (QED) is 0.891. The Labute approximate surface area is 128 Å². The van der Waals surface area contributed by atoms with Crippen molar-refractivity contribution in [2.24, 2.45) is 5.92 Å². The van der Waals surface area contributed by atoms with E-state index in [1.807, 2.05) is 30.3 Å². The molecule has 1 aromatic heterocycles. The number of amides is 2. The van der Waals surface area contributed by atoms with Gasteiger partial charge in [-0.3, -0.25) is 9.59 Å². The van der Waals surface area contributed by atoms with Gasteiger partial charge in [-0.25, -0.2) is 0 Å². The van der Waals surface area contributed by atoms with Gasteiger partial charge in [-0.05, 0) is 36.6 Å². The molecule has 0 fully saturated rings. The van der Waals surface area contributed by atoms with Crippen LogP contribution in [0.3, 0.4) is 0 Å². The number of para-hydroxylation sites is 1. The number of fused-ring (bicyclic) bond motifs is 1. The third-order valence-corrected chi connectivity index (χ3v) is 3.87. The van der Waals surface area contributed by atoms with Crippen LogP contribution in [0.2, 0.25) is 0 Å². The molecule has 1 aromatic carbocycles. The van der Waals surface area contributed by atoms with Gasteiger partial charge in [0.1, 0.15) is 5.76 Å². The number of carbonyl (C=O) groups excluding carboxylic acids is 2. The second-order valence-electron chi connectivity index (χ2n) is 5.44. The van der Waals surface area contributed by atoms with E-state index in [-0.39, 0.29) is 17.7 Å². The Kier molecular flexibility index (Phi) is 4.23. The lowest BCUT2D eigenvalue weighted by molar-refractivity contribution is -0.123. The summed E-state index contributed by atoms with van der Waals surface area (Å²) in [6, 6.07) is 11.4.